The van der Waals surface area contributed by atoms with Gasteiger partial charge in [-0.3, -0.25) is 4.79 Å². The number of rotatable bonds is 10. The third-order valence-electron chi connectivity index (χ3n) is 2.34. The van der Waals surface area contributed by atoms with Crippen LogP contribution in [0.25, 0.3) is 0 Å². The van der Waals surface area contributed by atoms with Crippen molar-refractivity contribution < 1.29 is 27.8 Å². The van der Waals surface area contributed by atoms with Gasteiger partial charge in [-0.25, -0.2) is 12.7 Å². The summed E-state index contributed by atoms with van der Waals surface area (Å²) in [4.78, 5) is 10.6. The van der Waals surface area contributed by atoms with Crippen LogP contribution in [0.4, 0.5) is 0 Å². The zero-order valence-electron chi connectivity index (χ0n) is 11.0. The van der Waals surface area contributed by atoms with Crippen molar-refractivity contribution in [3.63, 3.8) is 0 Å². The van der Waals surface area contributed by atoms with Crippen molar-refractivity contribution in [2.24, 2.45) is 5.92 Å². The maximum atomic E-state index is 11.7. The van der Waals surface area contributed by atoms with E-state index in [4.69, 9.17) is 14.6 Å². The summed E-state index contributed by atoms with van der Waals surface area (Å²) < 4.78 is 34.3. The molecule has 0 amide bonds. The van der Waals surface area contributed by atoms with Gasteiger partial charge in [-0.05, 0) is 0 Å². The Morgan fingerprint density at radius 2 is 1.94 bits per heavy atom. The minimum atomic E-state index is -3.47. The number of nitrogens with zero attached hydrogens (tertiary/aromatic N) is 1. The molecule has 0 radical (unpaired) electrons. The summed E-state index contributed by atoms with van der Waals surface area (Å²) in [7, 11) is -0.578. The van der Waals surface area contributed by atoms with Crippen molar-refractivity contribution in [1.29, 1.82) is 0 Å². The maximum Gasteiger partial charge on any atom is 0.307 e. The molecule has 7 nitrogen and oxygen atoms in total. The fourth-order valence-corrected chi connectivity index (χ4v) is 2.23. The molecule has 0 saturated heterocycles. The first kappa shape index (κ1) is 17.3. The number of methoxy groups -OCH3 is 1. The molecule has 0 aromatic rings. The molecule has 0 aromatic heterocycles. The average molecular weight is 283 g/mol. The SMILES string of the molecule is COCCOCCS(=O)(=O)N(C)CC(C)C(=O)O. The van der Waals surface area contributed by atoms with E-state index in [-0.39, 0.29) is 18.9 Å². The average Bonchev–Trinajstić information content (AvgIpc) is 2.28. The van der Waals surface area contributed by atoms with Gasteiger partial charge in [-0.1, -0.05) is 6.92 Å². The predicted molar refractivity (Wildman–Crippen MR) is 65.9 cm³/mol. The van der Waals surface area contributed by atoms with Gasteiger partial charge in [0.1, 0.15) is 0 Å². The molecule has 0 aliphatic rings. The summed E-state index contributed by atoms with van der Waals surface area (Å²) >= 11 is 0. The summed E-state index contributed by atoms with van der Waals surface area (Å²) in [5.41, 5.74) is 0. The van der Waals surface area contributed by atoms with Crippen molar-refractivity contribution in [3.05, 3.63) is 0 Å². The topological polar surface area (TPSA) is 93.1 Å². The van der Waals surface area contributed by atoms with Crippen LogP contribution in [0.5, 0.6) is 0 Å². The molecule has 1 unspecified atom stereocenters. The third-order valence-corrected chi connectivity index (χ3v) is 4.13. The summed E-state index contributed by atoms with van der Waals surface area (Å²) in [6.45, 7) is 2.23. The lowest BCUT2D eigenvalue weighted by Gasteiger charge is -2.19. The number of sulfonamides is 1. The van der Waals surface area contributed by atoms with E-state index in [2.05, 4.69) is 0 Å². The van der Waals surface area contributed by atoms with Crippen LogP contribution in [-0.2, 0) is 24.3 Å². The highest BCUT2D eigenvalue weighted by Crippen LogP contribution is 2.04. The number of hydrogen-bond acceptors (Lipinski definition) is 5. The standard InChI is InChI=1S/C10H21NO6S/c1-9(10(12)13)8-11(2)18(14,15)7-6-17-5-4-16-3/h9H,4-8H2,1-3H3,(H,12,13). The van der Waals surface area contributed by atoms with Gasteiger partial charge >= 0.3 is 5.97 Å². The minimum Gasteiger partial charge on any atom is -0.481 e. The minimum absolute atomic E-state index is 0.0459. The molecule has 108 valence electrons. The Morgan fingerprint density at radius 1 is 1.33 bits per heavy atom. The van der Waals surface area contributed by atoms with Crippen LogP contribution >= 0.6 is 0 Å². The van der Waals surface area contributed by atoms with Crippen molar-refractivity contribution in [2.75, 3.05) is 46.3 Å². The summed E-state index contributed by atoms with van der Waals surface area (Å²) in [5, 5.41) is 8.71. The quantitative estimate of drug-likeness (QED) is 0.550. The molecule has 8 heteroatoms. The van der Waals surface area contributed by atoms with Crippen LogP contribution in [0.3, 0.4) is 0 Å². The molecule has 18 heavy (non-hydrogen) atoms. The molecular formula is C10H21NO6S. The van der Waals surface area contributed by atoms with Crippen molar-refractivity contribution in [1.82, 2.24) is 4.31 Å². The van der Waals surface area contributed by atoms with Gasteiger partial charge < -0.3 is 14.6 Å². The number of aliphatic carboxylic acids is 1. The highest BCUT2D eigenvalue weighted by molar-refractivity contribution is 7.89. The molecule has 0 aliphatic carbocycles. The zero-order valence-corrected chi connectivity index (χ0v) is 11.8. The van der Waals surface area contributed by atoms with E-state index < -0.39 is 21.9 Å². The summed E-state index contributed by atoms with van der Waals surface area (Å²) in [6.07, 6.45) is 0. The largest absolute Gasteiger partial charge is 0.481 e. The first-order chi connectivity index (χ1) is 8.31. The van der Waals surface area contributed by atoms with Gasteiger partial charge in [0.05, 0.1) is 31.5 Å². The van der Waals surface area contributed by atoms with E-state index in [0.29, 0.717) is 13.2 Å². The molecule has 0 heterocycles. The van der Waals surface area contributed by atoms with E-state index in [1.165, 1.54) is 21.1 Å². The van der Waals surface area contributed by atoms with Crippen molar-refractivity contribution in [3.8, 4) is 0 Å². The number of carbonyl (C=O) groups is 1. The van der Waals surface area contributed by atoms with E-state index in [1.54, 1.807) is 0 Å². The smallest absolute Gasteiger partial charge is 0.307 e. The Hall–Kier alpha value is -0.700. The van der Waals surface area contributed by atoms with E-state index in [9.17, 15) is 13.2 Å². The second-order valence-electron chi connectivity index (χ2n) is 3.94. The van der Waals surface area contributed by atoms with Crippen LogP contribution in [0.1, 0.15) is 6.92 Å². The van der Waals surface area contributed by atoms with Crippen LogP contribution in [-0.4, -0.2) is 70.1 Å². The van der Waals surface area contributed by atoms with Crippen molar-refractivity contribution in [2.45, 2.75) is 6.92 Å². The Morgan fingerprint density at radius 3 is 2.44 bits per heavy atom. The molecule has 1 atom stereocenters. The Kier molecular flexibility index (Phi) is 8.08. The second-order valence-corrected chi connectivity index (χ2v) is 6.14. The first-order valence-electron chi connectivity index (χ1n) is 5.54. The lowest BCUT2D eigenvalue weighted by atomic mass is 10.2. The molecule has 0 fully saturated rings. The number of ether oxygens (including phenoxy) is 2. The predicted octanol–water partition coefficient (Wildman–Crippen LogP) is -0.368. The normalized spacial score (nSPS) is 13.8. The van der Waals surface area contributed by atoms with Gasteiger partial charge in [-0.15, -0.1) is 0 Å². The van der Waals surface area contributed by atoms with Gasteiger partial charge in [0.15, 0.2) is 0 Å². The Labute approximate surface area is 108 Å². The molecule has 0 aromatic carbocycles. The van der Waals surface area contributed by atoms with Crippen LogP contribution in [0.15, 0.2) is 0 Å². The second kappa shape index (κ2) is 8.41. The number of carboxylic acids is 1. The van der Waals surface area contributed by atoms with Crippen molar-refractivity contribution >= 4 is 16.0 Å². The fourth-order valence-electron chi connectivity index (χ4n) is 1.14. The zero-order chi connectivity index (χ0) is 14.2. The lowest BCUT2D eigenvalue weighted by molar-refractivity contribution is -0.141. The van der Waals surface area contributed by atoms with Gasteiger partial charge in [0, 0.05) is 20.7 Å². The first-order valence-corrected chi connectivity index (χ1v) is 7.15. The number of carboxylic acid groups (broad SMARTS) is 1. The highest BCUT2D eigenvalue weighted by Gasteiger charge is 2.22. The highest BCUT2D eigenvalue weighted by atomic mass is 32.2. The molecule has 0 bridgehead atoms. The van der Waals surface area contributed by atoms with E-state index >= 15 is 0 Å². The van der Waals surface area contributed by atoms with E-state index in [1.807, 2.05) is 0 Å². The Bertz CT molecular complexity index is 342. The maximum absolute atomic E-state index is 11.7. The lowest BCUT2D eigenvalue weighted by Crippen LogP contribution is -2.36. The summed E-state index contributed by atoms with van der Waals surface area (Å²) in [5.74, 6) is -1.92. The third kappa shape index (κ3) is 6.90. The number of hydrogen-bond donors (Lipinski definition) is 1. The van der Waals surface area contributed by atoms with Gasteiger partial charge in [0.2, 0.25) is 10.0 Å². The van der Waals surface area contributed by atoms with Gasteiger partial charge in [-0.2, -0.15) is 0 Å². The molecule has 0 rings (SSSR count). The van der Waals surface area contributed by atoms with E-state index in [0.717, 1.165) is 4.31 Å². The van der Waals surface area contributed by atoms with Crippen LogP contribution in [0, 0.1) is 5.92 Å². The van der Waals surface area contributed by atoms with Crippen LogP contribution < -0.4 is 0 Å². The Balaban J connectivity index is 4.08. The fraction of sp³-hybridized carbons (Fsp3) is 0.900. The molecule has 0 aliphatic heterocycles. The van der Waals surface area contributed by atoms with Crippen LogP contribution in [0.2, 0.25) is 0 Å². The molecule has 1 N–H and O–H groups in total. The van der Waals surface area contributed by atoms with Gasteiger partial charge in [0.25, 0.3) is 0 Å². The molecular weight excluding hydrogens is 262 g/mol. The molecule has 0 spiro atoms. The summed E-state index contributed by atoms with van der Waals surface area (Å²) in [6, 6.07) is 0. The monoisotopic (exact) mass is 283 g/mol. The molecule has 0 saturated carbocycles.